The van der Waals surface area contributed by atoms with E-state index in [1.54, 1.807) is 11.8 Å². The Labute approximate surface area is 189 Å². The van der Waals surface area contributed by atoms with E-state index in [-0.39, 0.29) is 5.57 Å². The Hall–Kier alpha value is -3.01. The van der Waals surface area contributed by atoms with Crippen LogP contribution in [-0.4, -0.2) is 12.5 Å². The number of nitrogens with zero attached hydrogens (tertiary/aromatic N) is 1. The molecule has 0 radical (unpaired) electrons. The lowest BCUT2D eigenvalue weighted by molar-refractivity contribution is -0.112. The van der Waals surface area contributed by atoms with Gasteiger partial charge in [0.25, 0.3) is 5.91 Å². The standard InChI is InChI=1S/C24H20BrN3OS/c25-20-12-10-18(11-13-20)14-15-27-17-19(16-26)24(29)28-22-8-4-5-9-23(22)30-21-6-2-1-3-7-21/h1-13,17,27H,14-15H2,(H,28,29)/b19-17-. The molecule has 0 fully saturated rings. The monoisotopic (exact) mass is 477 g/mol. The number of benzene rings is 3. The van der Waals surface area contributed by atoms with Gasteiger partial charge in [0, 0.05) is 27.0 Å². The number of para-hydroxylation sites is 1. The van der Waals surface area contributed by atoms with Crippen molar-refractivity contribution in [1.82, 2.24) is 5.32 Å². The molecule has 4 nitrogen and oxygen atoms in total. The van der Waals surface area contributed by atoms with Crippen LogP contribution in [0, 0.1) is 11.3 Å². The fourth-order valence-corrected chi connectivity index (χ4v) is 3.84. The summed E-state index contributed by atoms with van der Waals surface area (Å²) in [6.45, 7) is 0.626. The first-order chi connectivity index (χ1) is 14.7. The highest BCUT2D eigenvalue weighted by atomic mass is 79.9. The van der Waals surface area contributed by atoms with Crippen molar-refractivity contribution in [1.29, 1.82) is 5.26 Å². The second-order valence-electron chi connectivity index (χ2n) is 6.37. The van der Waals surface area contributed by atoms with Gasteiger partial charge >= 0.3 is 0 Å². The SMILES string of the molecule is N#C/C(=C/NCCc1ccc(Br)cc1)C(=O)Nc1ccccc1Sc1ccccc1. The quantitative estimate of drug-likeness (QED) is 0.245. The molecule has 0 unspecified atom stereocenters. The van der Waals surface area contributed by atoms with Crippen LogP contribution in [0.15, 0.2) is 105 Å². The molecule has 2 N–H and O–H groups in total. The highest BCUT2D eigenvalue weighted by molar-refractivity contribution is 9.10. The third kappa shape index (κ3) is 6.51. The molecular weight excluding hydrogens is 458 g/mol. The molecule has 0 atom stereocenters. The number of nitriles is 1. The van der Waals surface area contributed by atoms with Crippen molar-refractivity contribution in [3.8, 4) is 6.07 Å². The van der Waals surface area contributed by atoms with Crippen LogP contribution < -0.4 is 10.6 Å². The van der Waals surface area contributed by atoms with Crippen LogP contribution in [0.3, 0.4) is 0 Å². The van der Waals surface area contributed by atoms with Crippen LogP contribution in [0.5, 0.6) is 0 Å². The van der Waals surface area contributed by atoms with Gasteiger partial charge in [0.1, 0.15) is 11.6 Å². The van der Waals surface area contributed by atoms with Gasteiger partial charge in [-0.15, -0.1) is 0 Å². The maximum atomic E-state index is 12.6. The predicted octanol–water partition coefficient (Wildman–Crippen LogP) is 5.78. The molecule has 0 saturated carbocycles. The summed E-state index contributed by atoms with van der Waals surface area (Å²) in [6.07, 6.45) is 2.27. The van der Waals surface area contributed by atoms with Crippen molar-refractivity contribution >= 4 is 39.3 Å². The number of nitrogens with one attached hydrogen (secondary N) is 2. The van der Waals surface area contributed by atoms with E-state index in [1.165, 1.54) is 11.8 Å². The van der Waals surface area contributed by atoms with Crippen molar-refractivity contribution in [2.24, 2.45) is 0 Å². The van der Waals surface area contributed by atoms with E-state index in [9.17, 15) is 10.1 Å². The first kappa shape index (κ1) is 21.7. The average Bonchev–Trinajstić information content (AvgIpc) is 2.77. The summed E-state index contributed by atoms with van der Waals surface area (Å²) in [5.74, 6) is -0.435. The minimum atomic E-state index is -0.435. The Kier molecular flexibility index (Phi) is 8.13. The van der Waals surface area contributed by atoms with Crippen LogP contribution in [0.2, 0.25) is 0 Å². The lowest BCUT2D eigenvalue weighted by Crippen LogP contribution is -2.18. The summed E-state index contributed by atoms with van der Waals surface area (Å²) >= 11 is 4.97. The third-order valence-electron chi connectivity index (χ3n) is 4.19. The zero-order chi connectivity index (χ0) is 21.2. The highest BCUT2D eigenvalue weighted by Crippen LogP contribution is 2.33. The first-order valence-corrected chi connectivity index (χ1v) is 11.0. The minimum Gasteiger partial charge on any atom is -0.389 e. The lowest BCUT2D eigenvalue weighted by atomic mass is 10.1. The molecular formula is C24H20BrN3OS. The molecule has 0 saturated heterocycles. The van der Waals surface area contributed by atoms with Crippen molar-refractivity contribution < 1.29 is 4.79 Å². The molecule has 0 heterocycles. The fourth-order valence-electron chi connectivity index (χ4n) is 2.65. The smallest absolute Gasteiger partial charge is 0.267 e. The molecule has 150 valence electrons. The number of halogens is 1. The average molecular weight is 478 g/mol. The topological polar surface area (TPSA) is 64.9 Å². The second kappa shape index (κ2) is 11.2. The number of hydrogen-bond acceptors (Lipinski definition) is 4. The van der Waals surface area contributed by atoms with Gasteiger partial charge in [-0.3, -0.25) is 4.79 Å². The second-order valence-corrected chi connectivity index (χ2v) is 8.40. The van der Waals surface area contributed by atoms with Gasteiger partial charge < -0.3 is 10.6 Å². The van der Waals surface area contributed by atoms with Gasteiger partial charge in [0.15, 0.2) is 0 Å². The Morgan fingerprint density at radius 1 is 1.00 bits per heavy atom. The summed E-state index contributed by atoms with van der Waals surface area (Å²) in [7, 11) is 0. The molecule has 3 aromatic rings. The molecule has 3 aromatic carbocycles. The Morgan fingerprint density at radius 3 is 2.43 bits per heavy atom. The van der Waals surface area contributed by atoms with Gasteiger partial charge in [0.2, 0.25) is 0 Å². The van der Waals surface area contributed by atoms with Crippen LogP contribution in [0.25, 0.3) is 0 Å². The van der Waals surface area contributed by atoms with E-state index in [4.69, 9.17) is 0 Å². The molecule has 30 heavy (non-hydrogen) atoms. The molecule has 0 bridgehead atoms. The zero-order valence-electron chi connectivity index (χ0n) is 16.1. The van der Waals surface area contributed by atoms with E-state index in [0.717, 1.165) is 20.7 Å². The van der Waals surface area contributed by atoms with Crippen LogP contribution in [0.1, 0.15) is 5.56 Å². The fraction of sp³-hybridized carbons (Fsp3) is 0.0833. The van der Waals surface area contributed by atoms with Crippen molar-refractivity contribution in [3.63, 3.8) is 0 Å². The van der Waals surface area contributed by atoms with Gasteiger partial charge in [0.05, 0.1) is 5.69 Å². The van der Waals surface area contributed by atoms with Crippen molar-refractivity contribution in [2.45, 2.75) is 16.2 Å². The number of rotatable bonds is 8. The summed E-state index contributed by atoms with van der Waals surface area (Å²) in [6, 6.07) is 27.5. The van der Waals surface area contributed by atoms with Crippen molar-refractivity contribution in [3.05, 3.63) is 101 Å². The zero-order valence-corrected chi connectivity index (χ0v) is 18.5. The molecule has 6 heteroatoms. The molecule has 3 rings (SSSR count). The number of hydrogen-bond donors (Lipinski definition) is 2. The van der Waals surface area contributed by atoms with Gasteiger partial charge in [-0.05, 0) is 48.4 Å². The van der Waals surface area contributed by atoms with E-state index < -0.39 is 5.91 Å². The molecule has 0 spiro atoms. The Bertz CT molecular complexity index is 1060. The number of carbonyl (C=O) groups excluding carboxylic acids is 1. The van der Waals surface area contributed by atoms with E-state index >= 15 is 0 Å². The highest BCUT2D eigenvalue weighted by Gasteiger charge is 2.12. The predicted molar refractivity (Wildman–Crippen MR) is 125 cm³/mol. The summed E-state index contributed by atoms with van der Waals surface area (Å²) < 4.78 is 1.04. The Morgan fingerprint density at radius 2 is 1.70 bits per heavy atom. The van der Waals surface area contributed by atoms with Crippen molar-refractivity contribution in [2.75, 3.05) is 11.9 Å². The van der Waals surface area contributed by atoms with Gasteiger partial charge in [-0.2, -0.15) is 5.26 Å². The van der Waals surface area contributed by atoms with E-state index in [2.05, 4.69) is 26.6 Å². The molecule has 0 aliphatic heterocycles. The summed E-state index contributed by atoms with van der Waals surface area (Å²) in [5.41, 5.74) is 1.88. The molecule has 0 aliphatic carbocycles. The number of anilines is 1. The number of carbonyl (C=O) groups is 1. The summed E-state index contributed by atoms with van der Waals surface area (Å²) in [5, 5.41) is 15.3. The van der Waals surface area contributed by atoms with E-state index in [1.807, 2.05) is 84.9 Å². The maximum Gasteiger partial charge on any atom is 0.267 e. The van der Waals surface area contributed by atoms with E-state index in [0.29, 0.717) is 12.2 Å². The normalized spacial score (nSPS) is 10.9. The molecule has 0 aromatic heterocycles. The largest absolute Gasteiger partial charge is 0.389 e. The summed E-state index contributed by atoms with van der Waals surface area (Å²) in [4.78, 5) is 14.6. The van der Waals surface area contributed by atoms with Gasteiger partial charge in [-0.1, -0.05) is 70.2 Å². The molecule has 1 amide bonds. The maximum absolute atomic E-state index is 12.6. The first-order valence-electron chi connectivity index (χ1n) is 9.37. The van der Waals surface area contributed by atoms with Gasteiger partial charge in [-0.25, -0.2) is 0 Å². The van der Waals surface area contributed by atoms with Crippen LogP contribution >= 0.6 is 27.7 Å². The lowest BCUT2D eigenvalue weighted by Gasteiger charge is -2.10. The molecule has 0 aliphatic rings. The minimum absolute atomic E-state index is 0.0327. The Balaban J connectivity index is 1.60. The number of amides is 1. The van der Waals surface area contributed by atoms with Crippen LogP contribution in [-0.2, 0) is 11.2 Å². The third-order valence-corrected chi connectivity index (χ3v) is 5.80. The van der Waals surface area contributed by atoms with Crippen LogP contribution in [0.4, 0.5) is 5.69 Å².